The van der Waals surface area contributed by atoms with Gasteiger partial charge in [-0.3, -0.25) is 19.4 Å². The molecule has 5 atom stereocenters. The van der Waals surface area contributed by atoms with E-state index in [2.05, 4.69) is 20.6 Å². The summed E-state index contributed by atoms with van der Waals surface area (Å²) in [5, 5.41) is 5.93. The quantitative estimate of drug-likeness (QED) is 0.479. The van der Waals surface area contributed by atoms with E-state index in [-0.39, 0.29) is 35.3 Å². The highest BCUT2D eigenvalue weighted by Gasteiger charge is 2.53. The maximum atomic E-state index is 14.3. The molecule has 3 amide bonds. The van der Waals surface area contributed by atoms with E-state index in [1.807, 2.05) is 41.5 Å². The van der Waals surface area contributed by atoms with Crippen molar-refractivity contribution in [1.29, 1.82) is 0 Å². The number of fused-ring (bicyclic) bond motifs is 1. The average molecular weight is 570 g/mol. The molecule has 1 aromatic heterocycles. The van der Waals surface area contributed by atoms with Crippen LogP contribution in [0, 0.1) is 23.2 Å². The SMILES string of the molecule is CC(C)(C)OC(=O)[C@@H]1[C@H]2CCC[C@H]2CN1C(=O)[C@@H](NC(=O)[C@@H](NC(=O)c1cnccn1)C1CCCCC1)C(C)(C)C. The van der Waals surface area contributed by atoms with Gasteiger partial charge in [0.1, 0.15) is 29.4 Å². The highest BCUT2D eigenvalue weighted by Crippen LogP contribution is 2.43. The van der Waals surface area contributed by atoms with Crippen LogP contribution in [-0.2, 0) is 19.1 Å². The first-order valence-corrected chi connectivity index (χ1v) is 15.2. The molecule has 226 valence electrons. The second-order valence-corrected chi connectivity index (χ2v) is 14.1. The van der Waals surface area contributed by atoms with Crippen LogP contribution in [0.2, 0.25) is 0 Å². The highest BCUT2D eigenvalue weighted by molar-refractivity contribution is 5.98. The van der Waals surface area contributed by atoms with Crippen LogP contribution in [0.15, 0.2) is 18.6 Å². The van der Waals surface area contributed by atoms with E-state index in [0.717, 1.165) is 51.4 Å². The Hall–Kier alpha value is -3.04. The normalized spacial score (nSPS) is 24.7. The standard InChI is InChI=1S/C31H47N5O5/c1-30(2,3)25(28(39)36-18-20-13-10-14-21(20)24(36)29(40)41-31(4,5)6)35-27(38)23(19-11-8-7-9-12-19)34-26(37)22-17-32-15-16-33-22/h15-17,19-21,23-25H,7-14,18H2,1-6H3,(H,34,37)(H,35,38)/t20-,21-,23-,24-,25+/m0/s1. The monoisotopic (exact) mass is 569 g/mol. The first-order chi connectivity index (χ1) is 19.3. The van der Waals surface area contributed by atoms with Crippen molar-refractivity contribution in [2.75, 3.05) is 6.54 Å². The molecule has 1 aromatic rings. The molecule has 0 radical (unpaired) electrons. The zero-order chi connectivity index (χ0) is 29.9. The second-order valence-electron chi connectivity index (χ2n) is 14.1. The number of amides is 3. The van der Waals surface area contributed by atoms with Crippen molar-refractivity contribution in [2.24, 2.45) is 23.2 Å². The molecule has 0 bridgehead atoms. The largest absolute Gasteiger partial charge is 0.458 e. The summed E-state index contributed by atoms with van der Waals surface area (Å²) in [6.45, 7) is 11.7. The smallest absolute Gasteiger partial charge is 0.329 e. The molecule has 41 heavy (non-hydrogen) atoms. The molecule has 3 aliphatic rings. The Labute approximate surface area is 243 Å². The summed E-state index contributed by atoms with van der Waals surface area (Å²) in [5.74, 6) is -1.27. The van der Waals surface area contributed by atoms with Gasteiger partial charge in [-0.15, -0.1) is 0 Å². The summed E-state index contributed by atoms with van der Waals surface area (Å²) < 4.78 is 5.78. The minimum atomic E-state index is -0.890. The number of esters is 1. The van der Waals surface area contributed by atoms with E-state index < -0.39 is 41.0 Å². The molecule has 2 N–H and O–H groups in total. The molecule has 2 heterocycles. The molecule has 0 unspecified atom stereocenters. The Bertz CT molecular complexity index is 1110. The van der Waals surface area contributed by atoms with E-state index in [9.17, 15) is 19.2 Å². The summed E-state index contributed by atoms with van der Waals surface area (Å²) in [5.41, 5.74) is -1.18. The lowest BCUT2D eigenvalue weighted by atomic mass is 9.82. The van der Waals surface area contributed by atoms with Crippen molar-refractivity contribution in [3.05, 3.63) is 24.3 Å². The van der Waals surface area contributed by atoms with E-state index >= 15 is 0 Å². The number of ether oxygens (including phenoxy) is 1. The van der Waals surface area contributed by atoms with Crippen LogP contribution in [0.4, 0.5) is 0 Å². The fraction of sp³-hybridized carbons (Fsp3) is 0.742. The zero-order valence-corrected chi connectivity index (χ0v) is 25.4. The van der Waals surface area contributed by atoms with Gasteiger partial charge in [0, 0.05) is 18.9 Å². The van der Waals surface area contributed by atoms with Crippen LogP contribution < -0.4 is 10.6 Å². The van der Waals surface area contributed by atoms with E-state index in [4.69, 9.17) is 4.74 Å². The minimum absolute atomic E-state index is 0.0549. The van der Waals surface area contributed by atoms with Crippen molar-refractivity contribution < 1.29 is 23.9 Å². The molecule has 10 heteroatoms. The van der Waals surface area contributed by atoms with Crippen LogP contribution in [0.25, 0.3) is 0 Å². The van der Waals surface area contributed by atoms with Gasteiger partial charge in [0.05, 0.1) is 6.20 Å². The zero-order valence-electron chi connectivity index (χ0n) is 25.4. The molecule has 1 saturated heterocycles. The second kappa shape index (κ2) is 12.4. The molecule has 2 saturated carbocycles. The molecule has 1 aliphatic heterocycles. The lowest BCUT2D eigenvalue weighted by Gasteiger charge is -2.38. The van der Waals surface area contributed by atoms with Crippen LogP contribution in [0.5, 0.6) is 0 Å². The molecule has 10 nitrogen and oxygen atoms in total. The summed E-state index contributed by atoms with van der Waals surface area (Å²) in [4.78, 5) is 64.4. The maximum absolute atomic E-state index is 14.3. The van der Waals surface area contributed by atoms with Crippen molar-refractivity contribution in [2.45, 2.75) is 117 Å². The average Bonchev–Trinajstić information content (AvgIpc) is 3.50. The van der Waals surface area contributed by atoms with Gasteiger partial charge in [0.2, 0.25) is 11.8 Å². The molecule has 3 fully saturated rings. The molecule has 4 rings (SSSR count). The fourth-order valence-electron chi connectivity index (χ4n) is 6.74. The van der Waals surface area contributed by atoms with Gasteiger partial charge >= 0.3 is 5.97 Å². The predicted octanol–water partition coefficient (Wildman–Crippen LogP) is 3.66. The van der Waals surface area contributed by atoms with E-state index in [1.54, 1.807) is 4.90 Å². The van der Waals surface area contributed by atoms with Crippen molar-refractivity contribution in [3.8, 4) is 0 Å². The Morgan fingerprint density at radius 1 is 0.927 bits per heavy atom. The van der Waals surface area contributed by atoms with Crippen molar-refractivity contribution >= 4 is 23.7 Å². The molecule has 0 aromatic carbocycles. The third-order valence-electron chi connectivity index (χ3n) is 8.71. The Kier molecular flexibility index (Phi) is 9.39. The lowest BCUT2D eigenvalue weighted by molar-refractivity contribution is -0.165. The molecular formula is C31H47N5O5. The van der Waals surface area contributed by atoms with Gasteiger partial charge in [-0.1, -0.05) is 46.5 Å². The van der Waals surface area contributed by atoms with Gasteiger partial charge in [0.15, 0.2) is 0 Å². The third-order valence-corrected chi connectivity index (χ3v) is 8.71. The number of hydrogen-bond donors (Lipinski definition) is 2. The van der Waals surface area contributed by atoms with Crippen molar-refractivity contribution in [1.82, 2.24) is 25.5 Å². The first kappa shape index (κ1) is 30.9. The Morgan fingerprint density at radius 2 is 1.63 bits per heavy atom. The van der Waals surface area contributed by atoms with Gasteiger partial charge in [-0.2, -0.15) is 0 Å². The summed E-state index contributed by atoms with van der Waals surface area (Å²) in [7, 11) is 0. The van der Waals surface area contributed by atoms with Crippen LogP contribution in [-0.4, -0.2) is 68.8 Å². The number of aromatic nitrogens is 2. The fourth-order valence-corrected chi connectivity index (χ4v) is 6.74. The van der Waals surface area contributed by atoms with Crippen LogP contribution >= 0.6 is 0 Å². The lowest BCUT2D eigenvalue weighted by Crippen LogP contribution is -2.61. The predicted molar refractivity (Wildman–Crippen MR) is 153 cm³/mol. The summed E-state index contributed by atoms with van der Waals surface area (Å²) >= 11 is 0. The number of rotatable bonds is 7. The Morgan fingerprint density at radius 3 is 2.24 bits per heavy atom. The van der Waals surface area contributed by atoms with Gasteiger partial charge in [-0.05, 0) is 69.6 Å². The van der Waals surface area contributed by atoms with E-state index in [1.165, 1.54) is 18.6 Å². The molecule has 2 aliphatic carbocycles. The Balaban J connectivity index is 1.58. The number of nitrogens with zero attached hydrogens (tertiary/aromatic N) is 3. The van der Waals surface area contributed by atoms with E-state index in [0.29, 0.717) is 6.54 Å². The van der Waals surface area contributed by atoms with Gasteiger partial charge in [-0.25, -0.2) is 9.78 Å². The maximum Gasteiger partial charge on any atom is 0.329 e. The van der Waals surface area contributed by atoms with Crippen LogP contribution in [0.1, 0.15) is 103 Å². The van der Waals surface area contributed by atoms with Gasteiger partial charge in [0.25, 0.3) is 5.91 Å². The van der Waals surface area contributed by atoms with Crippen LogP contribution in [0.3, 0.4) is 0 Å². The summed E-state index contributed by atoms with van der Waals surface area (Å²) in [6, 6.07) is -2.37. The molecular weight excluding hydrogens is 522 g/mol. The van der Waals surface area contributed by atoms with Crippen molar-refractivity contribution in [3.63, 3.8) is 0 Å². The first-order valence-electron chi connectivity index (χ1n) is 15.2. The summed E-state index contributed by atoms with van der Waals surface area (Å²) in [6.07, 6.45) is 11.8. The number of carbonyl (C=O) groups is 4. The highest BCUT2D eigenvalue weighted by atomic mass is 16.6. The van der Waals surface area contributed by atoms with Gasteiger partial charge < -0.3 is 20.3 Å². The number of likely N-dealkylation sites (tertiary alicyclic amines) is 1. The topological polar surface area (TPSA) is 131 Å². The number of carbonyl (C=O) groups excluding carboxylic acids is 4. The third kappa shape index (κ3) is 7.43. The number of nitrogens with one attached hydrogen (secondary N) is 2. The minimum Gasteiger partial charge on any atom is -0.458 e. The number of hydrogen-bond acceptors (Lipinski definition) is 7. The molecule has 0 spiro atoms.